The van der Waals surface area contributed by atoms with Crippen molar-refractivity contribution in [3.8, 4) is 0 Å². The minimum atomic E-state index is 0.393. The van der Waals surface area contributed by atoms with Gasteiger partial charge in [-0.3, -0.25) is 0 Å². The Hall–Kier alpha value is -0.380. The quantitative estimate of drug-likeness (QED) is 0.895. The van der Waals surface area contributed by atoms with Gasteiger partial charge in [-0.2, -0.15) is 0 Å². The molecule has 0 radical (unpaired) electrons. The summed E-state index contributed by atoms with van der Waals surface area (Å²) in [5.74, 6) is 0.657. The summed E-state index contributed by atoms with van der Waals surface area (Å²) in [7, 11) is 0. The second kappa shape index (κ2) is 5.98. The van der Waals surface area contributed by atoms with Crippen molar-refractivity contribution in [3.05, 3.63) is 34.3 Å². The highest BCUT2D eigenvalue weighted by molar-refractivity contribution is 9.10. The van der Waals surface area contributed by atoms with Crippen LogP contribution in [0.5, 0.6) is 0 Å². The Labute approximate surface area is 112 Å². The van der Waals surface area contributed by atoms with Crippen LogP contribution in [0.15, 0.2) is 28.7 Å². The van der Waals surface area contributed by atoms with Crippen LogP contribution in [0, 0.1) is 5.92 Å². The van der Waals surface area contributed by atoms with Gasteiger partial charge in [0.1, 0.15) is 0 Å². The Bertz CT molecular complexity index is 367. The number of hydrogen-bond donors (Lipinski definition) is 2. The van der Waals surface area contributed by atoms with Gasteiger partial charge in [-0.25, -0.2) is 0 Å². The Morgan fingerprint density at radius 2 is 2.29 bits per heavy atom. The Kier molecular flexibility index (Phi) is 4.60. The maximum atomic E-state index is 5.82. The van der Waals surface area contributed by atoms with Crippen LogP contribution in [0.3, 0.4) is 0 Å². The second-order valence-corrected chi connectivity index (χ2v) is 5.89. The first-order valence-electron chi connectivity index (χ1n) is 6.42. The van der Waals surface area contributed by atoms with Crippen molar-refractivity contribution >= 4 is 15.9 Å². The second-order valence-electron chi connectivity index (χ2n) is 4.98. The first kappa shape index (κ1) is 13.1. The number of benzene rings is 1. The van der Waals surface area contributed by atoms with Gasteiger partial charge < -0.3 is 11.1 Å². The molecule has 0 aliphatic heterocycles. The van der Waals surface area contributed by atoms with E-state index in [2.05, 4.69) is 52.4 Å². The molecule has 2 unspecified atom stereocenters. The zero-order chi connectivity index (χ0) is 12.3. The van der Waals surface area contributed by atoms with Gasteiger partial charge in [-0.1, -0.05) is 34.5 Å². The molecule has 1 saturated carbocycles. The van der Waals surface area contributed by atoms with Gasteiger partial charge in [0.15, 0.2) is 0 Å². The third kappa shape index (κ3) is 3.30. The van der Waals surface area contributed by atoms with E-state index >= 15 is 0 Å². The van der Waals surface area contributed by atoms with E-state index in [1.807, 2.05) is 0 Å². The van der Waals surface area contributed by atoms with Crippen molar-refractivity contribution in [2.24, 2.45) is 11.7 Å². The molecule has 3 N–H and O–H groups in total. The Morgan fingerprint density at radius 1 is 1.47 bits per heavy atom. The van der Waals surface area contributed by atoms with Gasteiger partial charge in [0.2, 0.25) is 0 Å². The minimum Gasteiger partial charge on any atom is -0.330 e. The number of nitrogens with one attached hydrogen (secondary N) is 1. The first-order valence-corrected chi connectivity index (χ1v) is 7.21. The zero-order valence-corrected chi connectivity index (χ0v) is 11.9. The molecular weight excluding hydrogens is 276 g/mol. The van der Waals surface area contributed by atoms with Crippen molar-refractivity contribution < 1.29 is 0 Å². The third-order valence-electron chi connectivity index (χ3n) is 3.77. The molecule has 2 nitrogen and oxygen atoms in total. The standard InChI is InChI=1S/C14H21BrN2/c1-10(11-4-2-6-13(15)8-11)17-14-7-3-5-12(14)9-16/h2,4,6,8,10,12,14,17H,3,5,7,9,16H2,1H3/t10-,12?,14?/m1/s1. The molecule has 1 aromatic carbocycles. The summed E-state index contributed by atoms with van der Waals surface area (Å²) in [6.07, 6.45) is 3.85. The molecule has 0 bridgehead atoms. The van der Waals surface area contributed by atoms with E-state index in [0.29, 0.717) is 18.0 Å². The number of rotatable bonds is 4. The normalized spacial score (nSPS) is 26.1. The summed E-state index contributed by atoms with van der Waals surface area (Å²) in [6, 6.07) is 9.50. The van der Waals surface area contributed by atoms with E-state index in [4.69, 9.17) is 5.73 Å². The van der Waals surface area contributed by atoms with Crippen LogP contribution < -0.4 is 11.1 Å². The van der Waals surface area contributed by atoms with Gasteiger partial charge in [0, 0.05) is 16.6 Å². The summed E-state index contributed by atoms with van der Waals surface area (Å²) < 4.78 is 1.14. The van der Waals surface area contributed by atoms with Crippen molar-refractivity contribution in [1.82, 2.24) is 5.32 Å². The predicted molar refractivity (Wildman–Crippen MR) is 75.9 cm³/mol. The number of nitrogens with two attached hydrogens (primary N) is 1. The van der Waals surface area contributed by atoms with Crippen molar-refractivity contribution in [2.45, 2.75) is 38.3 Å². The molecule has 3 heteroatoms. The Balaban J connectivity index is 1.99. The van der Waals surface area contributed by atoms with Crippen LogP contribution in [-0.2, 0) is 0 Å². The lowest BCUT2D eigenvalue weighted by atomic mass is 10.0. The first-order chi connectivity index (χ1) is 8.20. The molecule has 0 spiro atoms. The molecule has 0 amide bonds. The lowest BCUT2D eigenvalue weighted by molar-refractivity contribution is 0.373. The summed E-state index contributed by atoms with van der Waals surface area (Å²) in [5.41, 5.74) is 7.15. The molecule has 17 heavy (non-hydrogen) atoms. The van der Waals surface area contributed by atoms with Crippen LogP contribution >= 0.6 is 15.9 Å². The van der Waals surface area contributed by atoms with Crippen LogP contribution in [0.4, 0.5) is 0 Å². The molecule has 94 valence electrons. The zero-order valence-electron chi connectivity index (χ0n) is 10.3. The van der Waals surface area contributed by atoms with Crippen LogP contribution in [-0.4, -0.2) is 12.6 Å². The summed E-state index contributed by atoms with van der Waals surface area (Å²) in [5, 5.41) is 3.72. The molecule has 3 atom stereocenters. The average Bonchev–Trinajstić information content (AvgIpc) is 2.76. The largest absolute Gasteiger partial charge is 0.330 e. The van der Waals surface area contributed by atoms with E-state index in [9.17, 15) is 0 Å². The maximum Gasteiger partial charge on any atom is 0.0294 e. The van der Waals surface area contributed by atoms with E-state index < -0.39 is 0 Å². The molecule has 0 saturated heterocycles. The molecule has 1 aliphatic rings. The van der Waals surface area contributed by atoms with Gasteiger partial charge in [0.05, 0.1) is 0 Å². The van der Waals surface area contributed by atoms with Crippen LogP contribution in [0.1, 0.15) is 37.8 Å². The highest BCUT2D eigenvalue weighted by Crippen LogP contribution is 2.27. The minimum absolute atomic E-state index is 0.393. The highest BCUT2D eigenvalue weighted by Gasteiger charge is 2.27. The van der Waals surface area contributed by atoms with Gasteiger partial charge in [-0.05, 0) is 49.9 Å². The molecule has 1 fully saturated rings. The van der Waals surface area contributed by atoms with Gasteiger partial charge in [0.25, 0.3) is 0 Å². The van der Waals surface area contributed by atoms with Gasteiger partial charge in [-0.15, -0.1) is 0 Å². The highest BCUT2D eigenvalue weighted by atomic mass is 79.9. The van der Waals surface area contributed by atoms with E-state index in [1.54, 1.807) is 0 Å². The lowest BCUT2D eigenvalue weighted by Gasteiger charge is -2.24. The van der Waals surface area contributed by atoms with E-state index in [1.165, 1.54) is 24.8 Å². The van der Waals surface area contributed by atoms with Crippen molar-refractivity contribution in [2.75, 3.05) is 6.54 Å². The summed E-state index contributed by atoms with van der Waals surface area (Å²) in [6.45, 7) is 3.04. The topological polar surface area (TPSA) is 38.0 Å². The van der Waals surface area contributed by atoms with Gasteiger partial charge >= 0.3 is 0 Å². The van der Waals surface area contributed by atoms with E-state index in [-0.39, 0.29) is 0 Å². The maximum absolute atomic E-state index is 5.82. The molecule has 2 rings (SSSR count). The molecule has 0 heterocycles. The third-order valence-corrected chi connectivity index (χ3v) is 4.27. The average molecular weight is 297 g/mol. The fraction of sp³-hybridized carbons (Fsp3) is 0.571. The smallest absolute Gasteiger partial charge is 0.0294 e. The molecule has 1 aromatic rings. The van der Waals surface area contributed by atoms with Crippen LogP contribution in [0.2, 0.25) is 0 Å². The Morgan fingerprint density at radius 3 is 3.00 bits per heavy atom. The fourth-order valence-corrected chi connectivity index (χ4v) is 3.15. The lowest BCUT2D eigenvalue weighted by Crippen LogP contribution is -2.37. The van der Waals surface area contributed by atoms with Crippen molar-refractivity contribution in [3.63, 3.8) is 0 Å². The monoisotopic (exact) mass is 296 g/mol. The molecule has 1 aliphatic carbocycles. The predicted octanol–water partition coefficient (Wildman–Crippen LogP) is 3.23. The van der Waals surface area contributed by atoms with Crippen molar-refractivity contribution in [1.29, 1.82) is 0 Å². The summed E-state index contributed by atoms with van der Waals surface area (Å²) >= 11 is 3.52. The summed E-state index contributed by atoms with van der Waals surface area (Å²) in [4.78, 5) is 0. The number of halogens is 1. The fourth-order valence-electron chi connectivity index (χ4n) is 2.73. The van der Waals surface area contributed by atoms with E-state index in [0.717, 1.165) is 11.0 Å². The molecule has 0 aromatic heterocycles. The number of hydrogen-bond acceptors (Lipinski definition) is 2. The molecular formula is C14H21BrN2. The SMILES string of the molecule is C[C@@H](NC1CCCC1CN)c1cccc(Br)c1. The van der Waals surface area contributed by atoms with Crippen LogP contribution in [0.25, 0.3) is 0 Å².